The van der Waals surface area contributed by atoms with Crippen molar-refractivity contribution in [2.75, 3.05) is 12.4 Å². The smallest absolute Gasteiger partial charge is 0.125 e. The van der Waals surface area contributed by atoms with Crippen molar-refractivity contribution in [3.63, 3.8) is 0 Å². The van der Waals surface area contributed by atoms with Crippen LogP contribution in [0.3, 0.4) is 0 Å². The van der Waals surface area contributed by atoms with Crippen molar-refractivity contribution in [3.05, 3.63) is 57.6 Å². The summed E-state index contributed by atoms with van der Waals surface area (Å²) in [5.41, 5.74) is 2.93. The normalized spacial score (nSPS) is 10.3. The number of hydrogen-bond donors (Lipinski definition) is 1. The highest BCUT2D eigenvalue weighted by atomic mass is 35.5. The molecule has 0 radical (unpaired) electrons. The van der Waals surface area contributed by atoms with E-state index in [1.54, 1.807) is 7.11 Å². The second kappa shape index (κ2) is 6.18. The minimum absolute atomic E-state index is 0.561. The third-order valence-electron chi connectivity index (χ3n) is 2.88. The Morgan fingerprint density at radius 2 is 1.89 bits per heavy atom. The highest BCUT2D eigenvalue weighted by molar-refractivity contribution is 6.33. The van der Waals surface area contributed by atoms with Gasteiger partial charge in [-0.15, -0.1) is 0 Å². The van der Waals surface area contributed by atoms with Crippen LogP contribution in [0.2, 0.25) is 10.0 Å². The third kappa shape index (κ3) is 3.34. The lowest BCUT2D eigenvalue weighted by molar-refractivity contribution is 0.410. The van der Waals surface area contributed by atoms with Crippen LogP contribution in [0.25, 0.3) is 0 Å². The zero-order valence-corrected chi connectivity index (χ0v) is 12.3. The predicted molar refractivity (Wildman–Crippen MR) is 81.5 cm³/mol. The van der Waals surface area contributed by atoms with Gasteiger partial charge in [-0.1, -0.05) is 35.3 Å². The van der Waals surface area contributed by atoms with Crippen LogP contribution in [-0.4, -0.2) is 7.11 Å². The Bertz CT molecular complexity index is 584. The third-order valence-corrected chi connectivity index (χ3v) is 3.54. The van der Waals surface area contributed by atoms with Crippen molar-refractivity contribution in [2.45, 2.75) is 13.5 Å². The minimum Gasteiger partial charge on any atom is -0.496 e. The van der Waals surface area contributed by atoms with E-state index >= 15 is 0 Å². The molecule has 0 unspecified atom stereocenters. The topological polar surface area (TPSA) is 21.3 Å². The zero-order valence-electron chi connectivity index (χ0n) is 10.8. The van der Waals surface area contributed by atoms with Crippen molar-refractivity contribution in [1.82, 2.24) is 0 Å². The van der Waals surface area contributed by atoms with Gasteiger partial charge in [0.05, 0.1) is 17.8 Å². The quantitative estimate of drug-likeness (QED) is 0.864. The molecule has 0 aromatic heterocycles. The number of nitrogens with one attached hydrogen (secondary N) is 1. The Morgan fingerprint density at radius 1 is 1.11 bits per heavy atom. The fourth-order valence-electron chi connectivity index (χ4n) is 1.85. The lowest BCUT2D eigenvalue weighted by atomic mass is 10.2. The molecular formula is C15H15Cl2NO. The molecule has 2 aromatic rings. The Morgan fingerprint density at radius 3 is 2.58 bits per heavy atom. The van der Waals surface area contributed by atoms with Crippen LogP contribution < -0.4 is 10.1 Å². The summed E-state index contributed by atoms with van der Waals surface area (Å²) in [6.45, 7) is 2.57. The summed E-state index contributed by atoms with van der Waals surface area (Å²) in [4.78, 5) is 0. The Balaban J connectivity index is 2.19. The molecule has 1 N–H and O–H groups in total. The lowest BCUT2D eigenvalue weighted by Gasteiger charge is -2.13. The molecule has 0 heterocycles. The maximum absolute atomic E-state index is 6.19. The first-order chi connectivity index (χ1) is 9.11. The highest BCUT2D eigenvalue weighted by Crippen LogP contribution is 2.29. The van der Waals surface area contributed by atoms with Crippen molar-refractivity contribution in [3.8, 4) is 5.75 Å². The summed E-state index contributed by atoms with van der Waals surface area (Å²) < 4.78 is 5.31. The highest BCUT2D eigenvalue weighted by Gasteiger charge is 2.08. The number of ether oxygens (including phenoxy) is 1. The maximum atomic E-state index is 6.19. The molecule has 19 heavy (non-hydrogen) atoms. The standard InChI is InChI=1S/C15H15Cl2NO/c1-10-6-7-14(13(17)8-10)18-9-11-12(16)4-3-5-15(11)19-2/h3-8,18H,9H2,1-2H3. The van der Waals surface area contributed by atoms with E-state index in [4.69, 9.17) is 27.9 Å². The molecule has 100 valence electrons. The van der Waals surface area contributed by atoms with Crippen molar-refractivity contribution >= 4 is 28.9 Å². The summed E-state index contributed by atoms with van der Waals surface area (Å²) in [7, 11) is 1.63. The average molecular weight is 296 g/mol. The number of rotatable bonds is 4. The molecule has 2 rings (SSSR count). The summed E-state index contributed by atoms with van der Waals surface area (Å²) >= 11 is 12.4. The average Bonchev–Trinajstić information content (AvgIpc) is 2.39. The molecule has 0 saturated heterocycles. The van der Waals surface area contributed by atoms with E-state index < -0.39 is 0 Å². The molecule has 0 spiro atoms. The van der Waals surface area contributed by atoms with Crippen LogP contribution in [0, 0.1) is 6.92 Å². The van der Waals surface area contributed by atoms with Gasteiger partial charge in [-0.05, 0) is 36.8 Å². The molecule has 2 nitrogen and oxygen atoms in total. The van der Waals surface area contributed by atoms with Crippen molar-refractivity contribution < 1.29 is 4.74 Å². The second-order valence-electron chi connectivity index (χ2n) is 4.26. The van der Waals surface area contributed by atoms with Crippen LogP contribution in [-0.2, 0) is 6.54 Å². The fourth-order valence-corrected chi connectivity index (χ4v) is 2.38. The fraction of sp³-hybridized carbons (Fsp3) is 0.200. The minimum atomic E-state index is 0.561. The zero-order chi connectivity index (χ0) is 13.8. The monoisotopic (exact) mass is 295 g/mol. The van der Waals surface area contributed by atoms with Gasteiger partial charge in [0.1, 0.15) is 5.75 Å². The number of benzene rings is 2. The van der Waals surface area contributed by atoms with Crippen molar-refractivity contribution in [1.29, 1.82) is 0 Å². The van der Waals surface area contributed by atoms with Crippen molar-refractivity contribution in [2.24, 2.45) is 0 Å². The first kappa shape index (κ1) is 14.0. The second-order valence-corrected chi connectivity index (χ2v) is 5.07. The molecule has 0 aliphatic carbocycles. The predicted octanol–water partition coefficient (Wildman–Crippen LogP) is 4.92. The van der Waals surface area contributed by atoms with Crippen LogP contribution in [0.1, 0.15) is 11.1 Å². The summed E-state index contributed by atoms with van der Waals surface area (Å²) in [5, 5.41) is 4.65. The van der Waals surface area contributed by atoms with Gasteiger partial charge in [-0.3, -0.25) is 0 Å². The molecule has 0 bridgehead atoms. The molecule has 0 fully saturated rings. The van der Waals surface area contributed by atoms with Crippen LogP contribution >= 0.6 is 23.2 Å². The molecule has 2 aromatic carbocycles. The van der Waals surface area contributed by atoms with Gasteiger partial charge in [0, 0.05) is 17.1 Å². The summed E-state index contributed by atoms with van der Waals surface area (Å²) in [5.74, 6) is 0.767. The Kier molecular flexibility index (Phi) is 4.56. The van der Waals surface area contributed by atoms with E-state index in [1.165, 1.54) is 0 Å². The summed E-state index contributed by atoms with van der Waals surface area (Å²) in [6.07, 6.45) is 0. The Hall–Kier alpha value is -1.38. The van der Waals surface area contributed by atoms with E-state index in [-0.39, 0.29) is 0 Å². The molecule has 0 saturated carbocycles. The van der Waals surface area contributed by atoms with Crippen LogP contribution in [0.4, 0.5) is 5.69 Å². The van der Waals surface area contributed by atoms with Crippen LogP contribution in [0.15, 0.2) is 36.4 Å². The lowest BCUT2D eigenvalue weighted by Crippen LogP contribution is -2.03. The van der Waals surface area contributed by atoms with Gasteiger partial charge in [0.25, 0.3) is 0 Å². The molecule has 0 aliphatic heterocycles. The number of anilines is 1. The molecule has 0 aliphatic rings. The van der Waals surface area contributed by atoms with E-state index in [2.05, 4.69) is 5.32 Å². The summed E-state index contributed by atoms with van der Waals surface area (Å²) in [6, 6.07) is 11.5. The molecule has 0 amide bonds. The molecule has 0 atom stereocenters. The number of hydrogen-bond acceptors (Lipinski definition) is 2. The van der Waals surface area contributed by atoms with Gasteiger partial charge in [0.2, 0.25) is 0 Å². The Labute approximate surface area is 123 Å². The molecule has 4 heteroatoms. The van der Waals surface area contributed by atoms with Gasteiger partial charge in [-0.2, -0.15) is 0 Å². The van der Waals surface area contributed by atoms with E-state index in [1.807, 2.05) is 43.3 Å². The van der Waals surface area contributed by atoms with E-state index in [0.29, 0.717) is 16.6 Å². The maximum Gasteiger partial charge on any atom is 0.125 e. The van der Waals surface area contributed by atoms with Gasteiger partial charge >= 0.3 is 0 Å². The molecular weight excluding hydrogens is 281 g/mol. The first-order valence-corrected chi connectivity index (χ1v) is 6.69. The van der Waals surface area contributed by atoms with E-state index in [0.717, 1.165) is 22.6 Å². The number of halogens is 2. The largest absolute Gasteiger partial charge is 0.496 e. The van der Waals surface area contributed by atoms with E-state index in [9.17, 15) is 0 Å². The van der Waals surface area contributed by atoms with Crippen LogP contribution in [0.5, 0.6) is 5.75 Å². The van der Waals surface area contributed by atoms with Gasteiger partial charge in [-0.25, -0.2) is 0 Å². The SMILES string of the molecule is COc1cccc(Cl)c1CNc1ccc(C)cc1Cl. The van der Waals surface area contributed by atoms with Gasteiger partial charge in [0.15, 0.2) is 0 Å². The number of methoxy groups -OCH3 is 1. The van der Waals surface area contributed by atoms with Gasteiger partial charge < -0.3 is 10.1 Å². The number of aryl methyl sites for hydroxylation is 1. The first-order valence-electron chi connectivity index (χ1n) is 5.93.